The van der Waals surface area contributed by atoms with Crippen LogP contribution in [0.5, 0.6) is 0 Å². The number of para-hydroxylation sites is 1. The fraction of sp³-hybridized carbons (Fsp3) is 0.368. The summed E-state index contributed by atoms with van der Waals surface area (Å²) in [5, 5.41) is 10.2. The Kier molecular flexibility index (Phi) is 7.29. The lowest BCUT2D eigenvalue weighted by Gasteiger charge is -2.28. The molecule has 1 aromatic carbocycles. The maximum absolute atomic E-state index is 12.9. The predicted octanol–water partition coefficient (Wildman–Crippen LogP) is 2.49. The van der Waals surface area contributed by atoms with E-state index in [1.807, 2.05) is 12.1 Å². The number of aromatic nitrogens is 1. The first-order chi connectivity index (χ1) is 13.7. The van der Waals surface area contributed by atoms with E-state index in [0.717, 1.165) is 5.39 Å². The molecule has 10 heteroatoms. The van der Waals surface area contributed by atoms with Crippen LogP contribution in [0.25, 0.3) is 10.9 Å². The molecule has 2 amide bonds. The van der Waals surface area contributed by atoms with Crippen molar-refractivity contribution in [2.45, 2.75) is 32.7 Å². The van der Waals surface area contributed by atoms with Crippen molar-refractivity contribution in [2.24, 2.45) is 5.92 Å². The molecule has 0 spiro atoms. The summed E-state index contributed by atoms with van der Waals surface area (Å²) in [7, 11) is 0. The Morgan fingerprint density at radius 2 is 1.86 bits per heavy atom. The Labute approximate surface area is 165 Å². The number of nitrogens with one attached hydrogen (secondary N) is 1. The number of aliphatic carboxylic acids is 1. The summed E-state index contributed by atoms with van der Waals surface area (Å²) in [6.07, 6.45) is -0.611. The number of fused-ring (bicyclic) bond motifs is 1. The van der Waals surface area contributed by atoms with Gasteiger partial charge in [-0.05, 0) is 18.1 Å². The van der Waals surface area contributed by atoms with Crippen LogP contribution in [-0.4, -0.2) is 51.3 Å². The zero-order valence-electron chi connectivity index (χ0n) is 16.0. The van der Waals surface area contributed by atoms with Gasteiger partial charge in [-0.2, -0.15) is 5.06 Å². The molecule has 0 saturated carbocycles. The third-order valence-corrected chi connectivity index (χ3v) is 3.98. The van der Waals surface area contributed by atoms with Gasteiger partial charge in [-0.1, -0.05) is 32.0 Å². The Hall–Kier alpha value is -3.43. The number of carbonyl (C=O) groups is 4. The summed E-state index contributed by atoms with van der Waals surface area (Å²) in [4.78, 5) is 52.8. The van der Waals surface area contributed by atoms with E-state index in [4.69, 9.17) is 9.94 Å². The minimum atomic E-state index is -1.77. The average molecular weight is 407 g/mol. The van der Waals surface area contributed by atoms with Crippen LogP contribution in [0.2, 0.25) is 0 Å². The molecule has 0 radical (unpaired) electrons. The minimum Gasteiger partial charge on any atom is -0.481 e. The van der Waals surface area contributed by atoms with Crippen molar-refractivity contribution in [1.29, 1.82) is 0 Å². The zero-order valence-corrected chi connectivity index (χ0v) is 16.0. The summed E-state index contributed by atoms with van der Waals surface area (Å²) >= 11 is 0. The molecule has 29 heavy (non-hydrogen) atoms. The number of hydrogen-bond donors (Lipinski definition) is 2. The Bertz CT molecular complexity index is 910. The number of hydroxylamine groups is 2. The van der Waals surface area contributed by atoms with Crippen molar-refractivity contribution in [3.8, 4) is 0 Å². The van der Waals surface area contributed by atoms with Crippen molar-refractivity contribution in [2.75, 3.05) is 12.1 Å². The number of carboxylic acid groups (broad SMARTS) is 1. The van der Waals surface area contributed by atoms with Crippen molar-refractivity contribution in [3.63, 3.8) is 0 Å². The standard InChI is InChI=1S/C19H22FN3O6/c1-12(2)9-17(25)23(15(10-18(26)27)16(24)11-20)29-19(28)21-22-8-7-13-5-3-4-6-14(13)22/h3-8,12,15H,9-11H2,1-2H3,(H,21,28)(H,26,27)/t15-/m0/s1. The van der Waals surface area contributed by atoms with Gasteiger partial charge in [0, 0.05) is 18.0 Å². The van der Waals surface area contributed by atoms with E-state index in [0.29, 0.717) is 10.6 Å². The molecular formula is C19H22FN3O6. The van der Waals surface area contributed by atoms with Crippen LogP contribution in [0.3, 0.4) is 0 Å². The number of carbonyl (C=O) groups excluding carboxylic acids is 3. The van der Waals surface area contributed by atoms with Gasteiger partial charge in [0.1, 0.15) is 6.04 Å². The number of carboxylic acids is 1. The summed E-state index contributed by atoms with van der Waals surface area (Å²) in [5.41, 5.74) is 3.02. The molecule has 0 unspecified atom stereocenters. The Morgan fingerprint density at radius 1 is 1.17 bits per heavy atom. The van der Waals surface area contributed by atoms with E-state index in [9.17, 15) is 23.6 Å². The van der Waals surface area contributed by atoms with Crippen molar-refractivity contribution in [3.05, 3.63) is 36.5 Å². The molecule has 0 aliphatic heterocycles. The Balaban J connectivity index is 2.25. The first kappa shape index (κ1) is 21.9. The van der Waals surface area contributed by atoms with Gasteiger partial charge in [-0.15, -0.1) is 0 Å². The fourth-order valence-corrected chi connectivity index (χ4v) is 2.70. The van der Waals surface area contributed by atoms with Crippen molar-refractivity contribution in [1.82, 2.24) is 9.74 Å². The number of benzene rings is 1. The number of hydrogen-bond acceptors (Lipinski definition) is 5. The molecule has 0 aliphatic rings. The van der Waals surface area contributed by atoms with Crippen LogP contribution < -0.4 is 5.43 Å². The number of Topliss-reactive ketones (excluding diaryl/α,β-unsaturated/α-hetero) is 1. The quantitative estimate of drug-likeness (QED) is 0.649. The number of rotatable bonds is 8. The molecule has 9 nitrogen and oxygen atoms in total. The predicted molar refractivity (Wildman–Crippen MR) is 101 cm³/mol. The van der Waals surface area contributed by atoms with Crippen LogP contribution in [0.4, 0.5) is 9.18 Å². The van der Waals surface area contributed by atoms with Gasteiger partial charge in [0.2, 0.25) is 0 Å². The van der Waals surface area contributed by atoms with Gasteiger partial charge in [0.15, 0.2) is 12.5 Å². The van der Waals surface area contributed by atoms with E-state index >= 15 is 0 Å². The smallest absolute Gasteiger partial charge is 0.451 e. The molecule has 2 aromatic rings. The van der Waals surface area contributed by atoms with Gasteiger partial charge in [-0.25, -0.2) is 14.6 Å². The average Bonchev–Trinajstić information content (AvgIpc) is 3.06. The highest BCUT2D eigenvalue weighted by Crippen LogP contribution is 2.16. The third kappa shape index (κ3) is 5.77. The second-order valence-electron chi connectivity index (χ2n) is 6.77. The summed E-state index contributed by atoms with van der Waals surface area (Å²) in [6.45, 7) is 1.92. The van der Waals surface area contributed by atoms with Gasteiger partial charge < -0.3 is 9.94 Å². The first-order valence-corrected chi connectivity index (χ1v) is 8.90. The molecule has 0 fully saturated rings. The molecule has 0 saturated heterocycles. The molecule has 0 aliphatic carbocycles. The normalized spacial score (nSPS) is 11.9. The van der Waals surface area contributed by atoms with Crippen LogP contribution in [0, 0.1) is 5.92 Å². The topological polar surface area (TPSA) is 118 Å². The molecule has 1 heterocycles. The maximum Gasteiger partial charge on any atom is 0.451 e. The lowest BCUT2D eigenvalue weighted by molar-refractivity contribution is -0.181. The van der Waals surface area contributed by atoms with Crippen LogP contribution in [0.1, 0.15) is 26.7 Å². The van der Waals surface area contributed by atoms with E-state index in [1.54, 1.807) is 38.2 Å². The number of alkyl halides is 1. The molecule has 156 valence electrons. The number of halogens is 1. The monoisotopic (exact) mass is 407 g/mol. The Morgan fingerprint density at radius 3 is 2.48 bits per heavy atom. The zero-order chi connectivity index (χ0) is 21.6. The SMILES string of the molecule is CC(C)CC(=O)N(OC(=O)Nn1ccc2ccccc21)[C@@H](CC(=O)O)C(=O)CF. The van der Waals surface area contributed by atoms with Crippen molar-refractivity contribution < 1.29 is 33.5 Å². The van der Waals surface area contributed by atoms with Gasteiger partial charge >= 0.3 is 12.1 Å². The molecule has 1 aromatic heterocycles. The third-order valence-electron chi connectivity index (χ3n) is 3.98. The van der Waals surface area contributed by atoms with Crippen LogP contribution in [-0.2, 0) is 19.2 Å². The number of amides is 2. The number of nitrogens with zero attached hydrogens (tertiary/aromatic N) is 2. The van der Waals surface area contributed by atoms with E-state index in [2.05, 4.69) is 5.43 Å². The second kappa shape index (κ2) is 9.67. The highest BCUT2D eigenvalue weighted by molar-refractivity contribution is 5.93. The van der Waals surface area contributed by atoms with Crippen LogP contribution >= 0.6 is 0 Å². The lowest BCUT2D eigenvalue weighted by Crippen LogP contribution is -2.49. The van der Waals surface area contributed by atoms with Gasteiger partial charge in [0.05, 0.1) is 11.9 Å². The largest absolute Gasteiger partial charge is 0.481 e. The fourth-order valence-electron chi connectivity index (χ4n) is 2.70. The maximum atomic E-state index is 12.9. The number of ketones is 1. The molecule has 0 bridgehead atoms. The summed E-state index contributed by atoms with van der Waals surface area (Å²) < 4.78 is 14.3. The molecule has 1 atom stereocenters. The van der Waals surface area contributed by atoms with E-state index in [1.165, 1.54) is 4.68 Å². The lowest BCUT2D eigenvalue weighted by atomic mass is 10.1. The summed E-state index contributed by atoms with van der Waals surface area (Å²) in [5.74, 6) is -3.60. The van der Waals surface area contributed by atoms with Crippen LogP contribution in [0.15, 0.2) is 36.5 Å². The second-order valence-corrected chi connectivity index (χ2v) is 6.77. The van der Waals surface area contributed by atoms with Crippen molar-refractivity contribution >= 4 is 34.7 Å². The highest BCUT2D eigenvalue weighted by atomic mass is 19.1. The van der Waals surface area contributed by atoms with E-state index < -0.39 is 42.9 Å². The molecular weight excluding hydrogens is 385 g/mol. The van der Waals surface area contributed by atoms with Gasteiger partial charge in [-0.3, -0.25) is 19.1 Å². The van der Waals surface area contributed by atoms with E-state index in [-0.39, 0.29) is 12.3 Å². The first-order valence-electron chi connectivity index (χ1n) is 8.90. The molecule has 2 rings (SSSR count). The molecule has 2 N–H and O–H groups in total. The minimum absolute atomic E-state index is 0.130. The summed E-state index contributed by atoms with van der Waals surface area (Å²) in [6, 6.07) is 7.09. The van der Waals surface area contributed by atoms with Gasteiger partial charge in [0.25, 0.3) is 5.91 Å². The highest BCUT2D eigenvalue weighted by Gasteiger charge is 2.35.